The largest absolute Gasteiger partial charge is 0.321 e. The van der Waals surface area contributed by atoms with Gasteiger partial charge < -0.3 is 10.2 Å². The highest BCUT2D eigenvalue weighted by Gasteiger charge is 2.19. The van der Waals surface area contributed by atoms with Crippen LogP contribution in [0.5, 0.6) is 0 Å². The predicted octanol–water partition coefficient (Wildman–Crippen LogP) is 6.43. The molecule has 0 unspecified atom stereocenters. The third kappa shape index (κ3) is 3.96. The van der Waals surface area contributed by atoms with E-state index in [1.165, 1.54) is 23.5 Å². The summed E-state index contributed by atoms with van der Waals surface area (Å²) in [6, 6.07) is 12.8. The minimum absolute atomic E-state index is 0.298. The van der Waals surface area contributed by atoms with E-state index in [-0.39, 0.29) is 5.91 Å². The third-order valence-electron chi connectivity index (χ3n) is 3.68. The molecule has 4 nitrogen and oxygen atoms in total. The summed E-state index contributed by atoms with van der Waals surface area (Å²) < 4.78 is 0. The van der Waals surface area contributed by atoms with Gasteiger partial charge in [-0.05, 0) is 31.2 Å². The van der Waals surface area contributed by atoms with Crippen LogP contribution >= 0.6 is 46.1 Å². The van der Waals surface area contributed by atoms with Crippen molar-refractivity contribution in [3.63, 3.8) is 0 Å². The maximum Gasteiger partial charge on any atom is 0.267 e. The Bertz CT molecular complexity index is 960. The number of nitrogens with one attached hydrogen (secondary N) is 1. The number of aryl methyl sites for hydroxylation is 1. The summed E-state index contributed by atoms with van der Waals surface area (Å²) in [4.78, 5) is 19.6. The molecule has 134 valence electrons. The van der Waals surface area contributed by atoms with Crippen molar-refractivity contribution in [2.75, 3.05) is 17.3 Å². The normalized spacial score (nSPS) is 10.7. The smallest absolute Gasteiger partial charge is 0.267 e. The van der Waals surface area contributed by atoms with Gasteiger partial charge in [0.25, 0.3) is 5.91 Å². The van der Waals surface area contributed by atoms with Crippen LogP contribution < -0.4 is 10.2 Å². The van der Waals surface area contributed by atoms with Gasteiger partial charge in [-0.3, -0.25) is 4.79 Å². The Labute approximate surface area is 170 Å². The van der Waals surface area contributed by atoms with Crippen LogP contribution in [0, 0.1) is 6.92 Å². The zero-order valence-electron chi connectivity index (χ0n) is 13.9. The molecule has 3 rings (SSSR count). The molecule has 0 saturated heterocycles. The second kappa shape index (κ2) is 7.84. The van der Waals surface area contributed by atoms with E-state index >= 15 is 0 Å². The lowest BCUT2D eigenvalue weighted by Crippen LogP contribution is -2.12. The van der Waals surface area contributed by atoms with Gasteiger partial charge in [0.1, 0.15) is 4.88 Å². The van der Waals surface area contributed by atoms with E-state index in [1.54, 1.807) is 6.92 Å². The van der Waals surface area contributed by atoms with Crippen molar-refractivity contribution >= 4 is 68.6 Å². The van der Waals surface area contributed by atoms with Crippen LogP contribution in [0.3, 0.4) is 0 Å². The van der Waals surface area contributed by atoms with E-state index in [9.17, 15) is 4.79 Å². The topological polar surface area (TPSA) is 45.2 Å². The molecular formula is C18H14Cl3N3OS. The van der Waals surface area contributed by atoms with Crippen molar-refractivity contribution in [2.24, 2.45) is 0 Å². The van der Waals surface area contributed by atoms with Crippen LogP contribution in [0.15, 0.2) is 42.5 Å². The Kier molecular flexibility index (Phi) is 5.73. The maximum atomic E-state index is 12.7. The van der Waals surface area contributed by atoms with Crippen LogP contribution in [-0.4, -0.2) is 17.9 Å². The first-order valence-corrected chi connectivity index (χ1v) is 9.54. The molecule has 1 heterocycles. The van der Waals surface area contributed by atoms with E-state index in [0.717, 1.165) is 10.8 Å². The number of carbonyl (C=O) groups is 1. The molecule has 0 fully saturated rings. The van der Waals surface area contributed by atoms with Gasteiger partial charge in [-0.15, -0.1) is 0 Å². The lowest BCUT2D eigenvalue weighted by molar-refractivity contribution is 0.103. The van der Waals surface area contributed by atoms with E-state index in [1.807, 2.05) is 42.3 Å². The molecule has 2 aromatic carbocycles. The fourth-order valence-corrected chi connectivity index (χ4v) is 3.83. The summed E-state index contributed by atoms with van der Waals surface area (Å²) in [6.07, 6.45) is 0. The molecular weight excluding hydrogens is 413 g/mol. The average Bonchev–Trinajstić information content (AvgIpc) is 3.01. The molecule has 8 heteroatoms. The van der Waals surface area contributed by atoms with Gasteiger partial charge in [0.15, 0.2) is 5.13 Å². The first-order chi connectivity index (χ1) is 12.4. The first-order valence-electron chi connectivity index (χ1n) is 7.59. The van der Waals surface area contributed by atoms with Gasteiger partial charge in [0.2, 0.25) is 0 Å². The lowest BCUT2D eigenvalue weighted by atomic mass is 10.3. The van der Waals surface area contributed by atoms with Gasteiger partial charge >= 0.3 is 0 Å². The Morgan fingerprint density at radius 1 is 1.08 bits per heavy atom. The second-order valence-electron chi connectivity index (χ2n) is 5.51. The quantitative estimate of drug-likeness (QED) is 0.489. The fraction of sp³-hybridized carbons (Fsp3) is 0.111. The van der Waals surface area contributed by atoms with Crippen molar-refractivity contribution in [2.45, 2.75) is 6.92 Å². The Morgan fingerprint density at radius 2 is 1.73 bits per heavy atom. The summed E-state index contributed by atoms with van der Waals surface area (Å²) in [5.74, 6) is -0.298. The molecule has 3 aromatic rings. The molecule has 1 amide bonds. The molecule has 1 aromatic heterocycles. The van der Waals surface area contributed by atoms with Crippen molar-refractivity contribution in [3.8, 4) is 0 Å². The molecule has 0 atom stereocenters. The molecule has 0 radical (unpaired) electrons. The van der Waals surface area contributed by atoms with Gasteiger partial charge in [-0.2, -0.15) is 0 Å². The van der Waals surface area contributed by atoms with E-state index in [2.05, 4.69) is 10.3 Å². The van der Waals surface area contributed by atoms with Crippen LogP contribution in [0.1, 0.15) is 15.4 Å². The van der Waals surface area contributed by atoms with Crippen molar-refractivity contribution in [3.05, 3.63) is 68.1 Å². The van der Waals surface area contributed by atoms with E-state index in [0.29, 0.717) is 31.3 Å². The minimum Gasteiger partial charge on any atom is -0.321 e. The number of hydrogen-bond donors (Lipinski definition) is 1. The highest BCUT2D eigenvalue weighted by molar-refractivity contribution is 7.17. The Morgan fingerprint density at radius 3 is 2.42 bits per heavy atom. The van der Waals surface area contributed by atoms with Gasteiger partial charge in [-0.1, -0.05) is 64.3 Å². The van der Waals surface area contributed by atoms with Crippen molar-refractivity contribution < 1.29 is 4.79 Å². The molecule has 0 saturated carbocycles. The number of halogens is 3. The number of benzene rings is 2. The average molecular weight is 427 g/mol. The van der Waals surface area contributed by atoms with Crippen LogP contribution in [0.25, 0.3) is 0 Å². The van der Waals surface area contributed by atoms with E-state index in [4.69, 9.17) is 34.8 Å². The highest BCUT2D eigenvalue weighted by atomic mass is 35.5. The van der Waals surface area contributed by atoms with Gasteiger partial charge in [-0.25, -0.2) is 4.98 Å². The number of para-hydroxylation sites is 1. The zero-order chi connectivity index (χ0) is 18.8. The number of aromatic nitrogens is 1. The molecule has 0 aliphatic rings. The fourth-order valence-electron chi connectivity index (χ4n) is 2.30. The number of amides is 1. The van der Waals surface area contributed by atoms with Gasteiger partial charge in [0.05, 0.1) is 26.4 Å². The third-order valence-corrected chi connectivity index (χ3v) is 5.95. The monoisotopic (exact) mass is 425 g/mol. The minimum atomic E-state index is -0.298. The van der Waals surface area contributed by atoms with Gasteiger partial charge in [0, 0.05) is 12.7 Å². The molecule has 26 heavy (non-hydrogen) atoms. The van der Waals surface area contributed by atoms with Crippen molar-refractivity contribution in [1.82, 2.24) is 4.98 Å². The summed E-state index contributed by atoms with van der Waals surface area (Å²) >= 11 is 19.4. The molecule has 0 spiro atoms. The summed E-state index contributed by atoms with van der Waals surface area (Å²) in [5, 5.41) is 4.45. The summed E-state index contributed by atoms with van der Waals surface area (Å²) in [7, 11) is 1.91. The van der Waals surface area contributed by atoms with Crippen LogP contribution in [0.4, 0.5) is 16.5 Å². The van der Waals surface area contributed by atoms with Crippen LogP contribution in [0.2, 0.25) is 15.1 Å². The number of anilines is 3. The van der Waals surface area contributed by atoms with E-state index < -0.39 is 0 Å². The second-order valence-corrected chi connectivity index (χ2v) is 7.70. The first kappa shape index (κ1) is 19.0. The standard InChI is InChI=1S/C18H14Cl3N3OS/c1-10-16(17(25)23-15-9-13(20)12(19)8-14(15)21)26-18(22-10)24(2)11-6-4-3-5-7-11/h3-9H,1-2H3,(H,23,25). The molecule has 0 aliphatic heterocycles. The maximum absolute atomic E-state index is 12.7. The highest BCUT2D eigenvalue weighted by Crippen LogP contribution is 2.34. The summed E-state index contributed by atoms with van der Waals surface area (Å²) in [5.41, 5.74) is 2.03. The lowest BCUT2D eigenvalue weighted by Gasteiger charge is -2.15. The number of carbonyl (C=O) groups excluding carboxylic acids is 1. The Balaban J connectivity index is 1.85. The zero-order valence-corrected chi connectivity index (χ0v) is 17.0. The number of hydrogen-bond acceptors (Lipinski definition) is 4. The number of nitrogens with zero attached hydrogens (tertiary/aromatic N) is 2. The Hall–Kier alpha value is -1.79. The molecule has 0 bridgehead atoms. The molecule has 0 aliphatic carbocycles. The predicted molar refractivity (Wildman–Crippen MR) is 111 cm³/mol. The summed E-state index contributed by atoms with van der Waals surface area (Å²) in [6.45, 7) is 1.80. The van der Waals surface area contributed by atoms with Crippen LogP contribution in [-0.2, 0) is 0 Å². The SMILES string of the molecule is Cc1nc(N(C)c2ccccc2)sc1C(=O)Nc1cc(Cl)c(Cl)cc1Cl. The number of thiazole rings is 1. The van der Waals surface area contributed by atoms with Crippen molar-refractivity contribution in [1.29, 1.82) is 0 Å². The molecule has 1 N–H and O–H groups in total. The number of rotatable bonds is 4.